The predicted molar refractivity (Wildman–Crippen MR) is 87.9 cm³/mol. The first-order chi connectivity index (χ1) is 10.2. The first-order valence-electron chi connectivity index (χ1n) is 7.28. The summed E-state index contributed by atoms with van der Waals surface area (Å²) in [7, 11) is 0. The van der Waals surface area contributed by atoms with Crippen LogP contribution in [0.2, 0.25) is 0 Å². The fraction of sp³-hybridized carbons (Fsp3) is 0.375. The van der Waals surface area contributed by atoms with Crippen LogP contribution < -0.4 is 10.6 Å². The van der Waals surface area contributed by atoms with Gasteiger partial charge in [-0.1, -0.05) is 13.8 Å². The van der Waals surface area contributed by atoms with Crippen LogP contribution >= 0.6 is 11.3 Å². The number of amides is 1. The zero-order valence-corrected chi connectivity index (χ0v) is 13.3. The molecule has 5 heteroatoms. The summed E-state index contributed by atoms with van der Waals surface area (Å²) in [6.45, 7) is 5.68. The molecule has 0 unspecified atom stereocenters. The van der Waals surface area contributed by atoms with Crippen LogP contribution in [0, 0.1) is 0 Å². The van der Waals surface area contributed by atoms with E-state index in [-0.39, 0.29) is 5.91 Å². The van der Waals surface area contributed by atoms with Gasteiger partial charge >= 0.3 is 0 Å². The third kappa shape index (κ3) is 4.29. The minimum absolute atomic E-state index is 0.134. The Morgan fingerprint density at radius 3 is 2.95 bits per heavy atom. The van der Waals surface area contributed by atoms with E-state index in [1.54, 1.807) is 23.6 Å². The summed E-state index contributed by atoms with van der Waals surface area (Å²) in [5, 5.41) is 8.26. The summed E-state index contributed by atoms with van der Waals surface area (Å²) in [5.74, 6) is -0.134. The van der Waals surface area contributed by atoms with Crippen molar-refractivity contribution < 1.29 is 4.79 Å². The number of carbonyl (C=O) groups is 1. The highest BCUT2D eigenvalue weighted by molar-refractivity contribution is 7.10. The van der Waals surface area contributed by atoms with Crippen molar-refractivity contribution in [2.75, 3.05) is 11.9 Å². The second-order valence-electron chi connectivity index (χ2n) is 4.76. The highest BCUT2D eigenvalue weighted by atomic mass is 32.1. The summed E-state index contributed by atoms with van der Waals surface area (Å²) in [5.41, 5.74) is 2.68. The molecule has 1 amide bonds. The van der Waals surface area contributed by atoms with Crippen LogP contribution in [-0.2, 0) is 13.0 Å². The van der Waals surface area contributed by atoms with Gasteiger partial charge in [-0.2, -0.15) is 0 Å². The Hall–Kier alpha value is -1.88. The molecule has 0 fully saturated rings. The van der Waals surface area contributed by atoms with Crippen molar-refractivity contribution >= 4 is 22.9 Å². The number of thiophene rings is 1. The van der Waals surface area contributed by atoms with Crippen LogP contribution in [0.4, 0.5) is 5.69 Å². The summed E-state index contributed by atoms with van der Waals surface area (Å²) in [6, 6.07) is 5.78. The average Bonchev–Trinajstić information content (AvgIpc) is 2.98. The van der Waals surface area contributed by atoms with Gasteiger partial charge in [0.25, 0.3) is 5.91 Å². The van der Waals surface area contributed by atoms with E-state index < -0.39 is 0 Å². The quantitative estimate of drug-likeness (QED) is 0.823. The number of hydrogen-bond acceptors (Lipinski definition) is 4. The lowest BCUT2D eigenvalue weighted by Crippen LogP contribution is -2.23. The van der Waals surface area contributed by atoms with Gasteiger partial charge in [-0.25, -0.2) is 0 Å². The minimum Gasteiger partial charge on any atom is -0.385 e. The molecule has 21 heavy (non-hydrogen) atoms. The van der Waals surface area contributed by atoms with Gasteiger partial charge in [-0.15, -0.1) is 11.3 Å². The number of rotatable bonds is 7. The molecule has 2 aromatic heterocycles. The fourth-order valence-electron chi connectivity index (χ4n) is 2.02. The maximum absolute atomic E-state index is 12.2. The standard InChI is InChI=1S/C16H21N3OS/c1-3-7-17-13-5-8-18-14(10-13)16(20)19-11-15-12(4-2)6-9-21-15/h5-6,8-10H,3-4,7,11H2,1-2H3,(H,17,18)(H,19,20). The lowest BCUT2D eigenvalue weighted by atomic mass is 10.2. The molecule has 2 heterocycles. The van der Waals surface area contributed by atoms with E-state index in [2.05, 4.69) is 40.9 Å². The number of pyridine rings is 1. The second kappa shape index (κ2) is 7.78. The molecule has 0 aliphatic rings. The molecule has 0 aliphatic heterocycles. The monoisotopic (exact) mass is 303 g/mol. The molecule has 0 atom stereocenters. The summed E-state index contributed by atoms with van der Waals surface area (Å²) < 4.78 is 0. The topological polar surface area (TPSA) is 54.0 Å². The van der Waals surface area contributed by atoms with Crippen molar-refractivity contribution in [2.45, 2.75) is 33.2 Å². The Morgan fingerprint density at radius 2 is 2.19 bits per heavy atom. The molecular weight excluding hydrogens is 282 g/mol. The fourth-order valence-corrected chi connectivity index (χ4v) is 2.94. The minimum atomic E-state index is -0.134. The van der Waals surface area contributed by atoms with Crippen LogP contribution in [-0.4, -0.2) is 17.4 Å². The van der Waals surface area contributed by atoms with Gasteiger partial charge in [0.2, 0.25) is 0 Å². The largest absolute Gasteiger partial charge is 0.385 e. The van der Waals surface area contributed by atoms with Crippen molar-refractivity contribution in [3.05, 3.63) is 45.9 Å². The Bertz CT molecular complexity index is 595. The highest BCUT2D eigenvalue weighted by Gasteiger charge is 2.09. The van der Waals surface area contributed by atoms with Crippen LogP contribution in [0.1, 0.15) is 41.2 Å². The van der Waals surface area contributed by atoms with Gasteiger partial charge in [0, 0.05) is 23.3 Å². The molecule has 4 nitrogen and oxygen atoms in total. The van der Waals surface area contributed by atoms with Gasteiger partial charge in [-0.3, -0.25) is 9.78 Å². The Kier molecular flexibility index (Phi) is 5.75. The molecule has 0 saturated carbocycles. The third-order valence-electron chi connectivity index (χ3n) is 3.20. The maximum Gasteiger partial charge on any atom is 0.270 e. The number of hydrogen-bond donors (Lipinski definition) is 2. The number of anilines is 1. The zero-order valence-electron chi connectivity index (χ0n) is 12.5. The molecule has 2 rings (SSSR count). The molecule has 0 bridgehead atoms. The number of carbonyl (C=O) groups excluding carboxylic acids is 1. The summed E-state index contributed by atoms with van der Waals surface area (Å²) in [4.78, 5) is 17.5. The van der Waals surface area contributed by atoms with Crippen LogP contribution in [0.15, 0.2) is 29.8 Å². The van der Waals surface area contributed by atoms with E-state index in [9.17, 15) is 4.79 Å². The summed E-state index contributed by atoms with van der Waals surface area (Å²) >= 11 is 1.68. The van der Waals surface area contributed by atoms with Crippen LogP contribution in [0.25, 0.3) is 0 Å². The maximum atomic E-state index is 12.2. The smallest absolute Gasteiger partial charge is 0.270 e. The van der Waals surface area contributed by atoms with Crippen molar-refractivity contribution in [3.63, 3.8) is 0 Å². The third-order valence-corrected chi connectivity index (χ3v) is 4.16. The average molecular weight is 303 g/mol. The molecule has 0 saturated heterocycles. The van der Waals surface area contributed by atoms with Crippen molar-refractivity contribution in [3.8, 4) is 0 Å². The molecular formula is C16H21N3OS. The zero-order chi connectivity index (χ0) is 15.1. The molecule has 2 aromatic rings. The van der Waals surface area contributed by atoms with E-state index >= 15 is 0 Å². The first kappa shape index (κ1) is 15.5. The van der Waals surface area contributed by atoms with E-state index in [4.69, 9.17) is 0 Å². The SMILES string of the molecule is CCCNc1ccnc(C(=O)NCc2sccc2CC)c1. The van der Waals surface area contributed by atoms with E-state index in [0.717, 1.165) is 25.1 Å². The number of nitrogens with one attached hydrogen (secondary N) is 2. The van der Waals surface area contributed by atoms with Crippen molar-refractivity contribution in [1.82, 2.24) is 10.3 Å². The Morgan fingerprint density at radius 1 is 1.33 bits per heavy atom. The normalized spacial score (nSPS) is 10.4. The van der Waals surface area contributed by atoms with Crippen molar-refractivity contribution in [2.24, 2.45) is 0 Å². The first-order valence-corrected chi connectivity index (χ1v) is 8.16. The van der Waals surface area contributed by atoms with Gasteiger partial charge in [0.05, 0.1) is 6.54 Å². The summed E-state index contributed by atoms with van der Waals surface area (Å²) in [6.07, 6.45) is 3.70. The Balaban J connectivity index is 1.97. The van der Waals surface area contributed by atoms with Crippen molar-refractivity contribution in [1.29, 1.82) is 0 Å². The second-order valence-corrected chi connectivity index (χ2v) is 5.76. The van der Waals surface area contributed by atoms with Gasteiger partial charge < -0.3 is 10.6 Å². The van der Waals surface area contributed by atoms with E-state index in [0.29, 0.717) is 12.2 Å². The lowest BCUT2D eigenvalue weighted by molar-refractivity contribution is 0.0946. The molecule has 0 aromatic carbocycles. The predicted octanol–water partition coefficient (Wildman–Crippen LogP) is 3.46. The highest BCUT2D eigenvalue weighted by Crippen LogP contribution is 2.17. The van der Waals surface area contributed by atoms with Crippen LogP contribution in [0.3, 0.4) is 0 Å². The molecule has 0 spiro atoms. The molecule has 2 N–H and O–H groups in total. The number of aryl methyl sites for hydroxylation is 1. The number of aromatic nitrogens is 1. The van der Waals surface area contributed by atoms with Gasteiger partial charge in [-0.05, 0) is 42.0 Å². The van der Waals surface area contributed by atoms with Crippen LogP contribution in [0.5, 0.6) is 0 Å². The number of nitrogens with zero attached hydrogens (tertiary/aromatic N) is 1. The molecule has 112 valence electrons. The van der Waals surface area contributed by atoms with E-state index in [1.807, 2.05) is 6.07 Å². The molecule has 0 aliphatic carbocycles. The van der Waals surface area contributed by atoms with E-state index in [1.165, 1.54) is 10.4 Å². The molecule has 0 radical (unpaired) electrons. The lowest BCUT2D eigenvalue weighted by Gasteiger charge is -2.08. The van der Waals surface area contributed by atoms with Gasteiger partial charge in [0.15, 0.2) is 0 Å². The Labute approximate surface area is 129 Å². The van der Waals surface area contributed by atoms with Gasteiger partial charge in [0.1, 0.15) is 5.69 Å².